The summed E-state index contributed by atoms with van der Waals surface area (Å²) in [6.07, 6.45) is -0.694. The molecule has 0 aliphatic heterocycles. The van der Waals surface area contributed by atoms with Gasteiger partial charge in [0.2, 0.25) is 5.89 Å². The number of esters is 1. The molecule has 7 heteroatoms. The molecule has 0 aliphatic carbocycles. The number of nitrogens with zero attached hydrogens (tertiary/aromatic N) is 2. The van der Waals surface area contributed by atoms with Gasteiger partial charge in [0, 0.05) is 22.6 Å². The largest absolute Gasteiger partial charge is 0.453 e. The molecule has 3 aromatic rings. The number of benzene rings is 2. The zero-order valence-electron chi connectivity index (χ0n) is 15.5. The molecule has 0 amide bonds. The summed E-state index contributed by atoms with van der Waals surface area (Å²) in [6, 6.07) is 14.2. The third-order valence-electron chi connectivity index (χ3n) is 4.12. The summed E-state index contributed by atoms with van der Waals surface area (Å²) in [7, 11) is 0. The summed E-state index contributed by atoms with van der Waals surface area (Å²) >= 11 is 5.80. The van der Waals surface area contributed by atoms with Crippen molar-refractivity contribution in [3.8, 4) is 11.5 Å². The molecular weight excluding hydrogens is 380 g/mol. The van der Waals surface area contributed by atoms with Gasteiger partial charge in [-0.2, -0.15) is 0 Å². The van der Waals surface area contributed by atoms with Crippen molar-refractivity contribution in [2.45, 2.75) is 32.8 Å². The lowest BCUT2D eigenvalue weighted by atomic mass is 10.1. The summed E-state index contributed by atoms with van der Waals surface area (Å²) in [5.74, 6) is -0.102. The van der Waals surface area contributed by atoms with E-state index in [1.807, 2.05) is 31.2 Å². The summed E-state index contributed by atoms with van der Waals surface area (Å²) in [6.45, 7) is 3.63. The molecule has 1 heterocycles. The molecule has 0 unspecified atom stereocenters. The maximum atomic E-state index is 12.1. The van der Waals surface area contributed by atoms with E-state index >= 15 is 0 Å². The van der Waals surface area contributed by atoms with Crippen molar-refractivity contribution < 1.29 is 18.7 Å². The highest BCUT2D eigenvalue weighted by Gasteiger charge is 2.20. The first kappa shape index (κ1) is 19.8. The fourth-order valence-electron chi connectivity index (χ4n) is 2.51. The van der Waals surface area contributed by atoms with Crippen LogP contribution in [0, 0.1) is 6.92 Å². The highest BCUT2D eigenvalue weighted by atomic mass is 35.5. The van der Waals surface area contributed by atoms with Crippen LogP contribution in [0.4, 0.5) is 0 Å². The van der Waals surface area contributed by atoms with Gasteiger partial charge in [0.05, 0.1) is 6.42 Å². The van der Waals surface area contributed by atoms with Crippen LogP contribution in [0.2, 0.25) is 5.02 Å². The van der Waals surface area contributed by atoms with E-state index in [0.29, 0.717) is 16.5 Å². The minimum atomic E-state index is -0.704. The molecule has 6 nitrogen and oxygen atoms in total. The predicted molar refractivity (Wildman–Crippen MR) is 104 cm³/mol. The first-order chi connectivity index (χ1) is 13.4. The number of carbonyl (C=O) groups excluding carboxylic acids is 2. The van der Waals surface area contributed by atoms with Crippen LogP contribution in [0.5, 0.6) is 0 Å². The molecular formula is C21H19ClN2O4. The van der Waals surface area contributed by atoms with Crippen molar-refractivity contribution in [1.29, 1.82) is 0 Å². The molecule has 0 radical (unpaired) electrons. The lowest BCUT2D eigenvalue weighted by molar-refractivity contribution is -0.149. The SMILES string of the molecule is Cc1ccc(-c2nnc([C@@H](C)OC(=O)CCC(=O)c3ccc(Cl)cc3)o2)cc1. The number of hydrogen-bond donors (Lipinski definition) is 0. The molecule has 144 valence electrons. The van der Waals surface area contributed by atoms with Crippen LogP contribution in [-0.4, -0.2) is 21.9 Å². The Hall–Kier alpha value is -2.99. The number of ether oxygens (including phenoxy) is 1. The molecule has 2 aromatic carbocycles. The fourth-order valence-corrected chi connectivity index (χ4v) is 2.64. The van der Waals surface area contributed by atoms with Crippen LogP contribution < -0.4 is 0 Å². The average Bonchev–Trinajstić information content (AvgIpc) is 3.17. The molecule has 0 fully saturated rings. The summed E-state index contributed by atoms with van der Waals surface area (Å²) in [4.78, 5) is 24.2. The van der Waals surface area contributed by atoms with Gasteiger partial charge >= 0.3 is 5.97 Å². The van der Waals surface area contributed by atoms with Crippen LogP contribution >= 0.6 is 11.6 Å². The van der Waals surface area contributed by atoms with Gasteiger partial charge in [-0.3, -0.25) is 9.59 Å². The third-order valence-corrected chi connectivity index (χ3v) is 4.37. The Morgan fingerprint density at radius 3 is 2.39 bits per heavy atom. The molecule has 1 atom stereocenters. The predicted octanol–water partition coefficient (Wildman–Crippen LogP) is 4.97. The summed E-state index contributed by atoms with van der Waals surface area (Å²) in [5, 5.41) is 8.49. The Kier molecular flexibility index (Phi) is 6.21. The topological polar surface area (TPSA) is 82.3 Å². The van der Waals surface area contributed by atoms with E-state index in [2.05, 4.69) is 10.2 Å². The smallest absolute Gasteiger partial charge is 0.307 e. The second kappa shape index (κ2) is 8.80. The number of halogens is 1. The van der Waals surface area contributed by atoms with E-state index < -0.39 is 12.1 Å². The van der Waals surface area contributed by atoms with Gasteiger partial charge in [-0.25, -0.2) is 0 Å². The molecule has 0 saturated heterocycles. The molecule has 28 heavy (non-hydrogen) atoms. The van der Waals surface area contributed by atoms with Crippen LogP contribution in [0.15, 0.2) is 52.9 Å². The molecule has 0 saturated carbocycles. The van der Waals surface area contributed by atoms with Crippen molar-refractivity contribution in [3.05, 3.63) is 70.6 Å². The standard InChI is InChI=1S/C21H19ClN2O4/c1-13-3-5-16(6-4-13)21-24-23-20(28-21)14(2)27-19(26)12-11-18(25)15-7-9-17(22)10-8-15/h3-10,14H,11-12H2,1-2H3/t14-/m1/s1. The van der Waals surface area contributed by atoms with E-state index in [1.54, 1.807) is 31.2 Å². The Balaban J connectivity index is 1.53. The number of aryl methyl sites for hydroxylation is 1. The van der Waals surface area contributed by atoms with E-state index in [9.17, 15) is 9.59 Å². The van der Waals surface area contributed by atoms with Crippen LogP contribution in [0.1, 0.15) is 47.7 Å². The van der Waals surface area contributed by atoms with Gasteiger partial charge in [-0.1, -0.05) is 29.3 Å². The zero-order valence-corrected chi connectivity index (χ0v) is 16.3. The van der Waals surface area contributed by atoms with Gasteiger partial charge < -0.3 is 9.15 Å². The first-order valence-corrected chi connectivity index (χ1v) is 9.19. The molecule has 0 aliphatic rings. The van der Waals surface area contributed by atoms with Gasteiger partial charge in [-0.15, -0.1) is 10.2 Å². The van der Waals surface area contributed by atoms with Crippen LogP contribution in [0.25, 0.3) is 11.5 Å². The van der Waals surface area contributed by atoms with E-state index in [4.69, 9.17) is 20.8 Å². The van der Waals surface area contributed by atoms with Crippen molar-refractivity contribution in [2.24, 2.45) is 0 Å². The van der Waals surface area contributed by atoms with E-state index in [0.717, 1.165) is 11.1 Å². The number of rotatable bonds is 7. The summed E-state index contributed by atoms with van der Waals surface area (Å²) < 4.78 is 10.9. The van der Waals surface area contributed by atoms with Gasteiger partial charge in [0.15, 0.2) is 11.9 Å². The van der Waals surface area contributed by atoms with E-state index in [1.165, 1.54) is 0 Å². The van der Waals surface area contributed by atoms with E-state index in [-0.39, 0.29) is 24.5 Å². The first-order valence-electron chi connectivity index (χ1n) is 8.81. The third kappa shape index (κ3) is 5.04. The van der Waals surface area contributed by atoms with Crippen molar-refractivity contribution in [1.82, 2.24) is 10.2 Å². The lowest BCUT2D eigenvalue weighted by Gasteiger charge is -2.09. The van der Waals surface area contributed by atoms with Crippen molar-refractivity contribution in [2.75, 3.05) is 0 Å². The maximum Gasteiger partial charge on any atom is 0.307 e. The number of aromatic nitrogens is 2. The molecule has 0 bridgehead atoms. The molecule has 0 spiro atoms. The van der Waals surface area contributed by atoms with Crippen LogP contribution in [-0.2, 0) is 9.53 Å². The minimum Gasteiger partial charge on any atom is -0.453 e. The number of Topliss-reactive ketones (excluding diaryl/α,β-unsaturated/α-hetero) is 1. The quantitative estimate of drug-likeness (QED) is 0.413. The van der Waals surface area contributed by atoms with Crippen molar-refractivity contribution in [3.63, 3.8) is 0 Å². The lowest BCUT2D eigenvalue weighted by Crippen LogP contribution is -2.11. The summed E-state index contributed by atoms with van der Waals surface area (Å²) in [5.41, 5.74) is 2.42. The second-order valence-electron chi connectivity index (χ2n) is 6.37. The highest BCUT2D eigenvalue weighted by molar-refractivity contribution is 6.30. The van der Waals surface area contributed by atoms with Gasteiger partial charge in [0.1, 0.15) is 0 Å². The van der Waals surface area contributed by atoms with Crippen molar-refractivity contribution >= 4 is 23.4 Å². The minimum absolute atomic E-state index is 0.0369. The number of ketones is 1. The second-order valence-corrected chi connectivity index (χ2v) is 6.81. The Bertz CT molecular complexity index is 965. The molecule has 0 N–H and O–H groups in total. The Labute approximate surface area is 167 Å². The van der Waals surface area contributed by atoms with Crippen LogP contribution in [0.3, 0.4) is 0 Å². The maximum absolute atomic E-state index is 12.1. The number of carbonyl (C=O) groups is 2. The Morgan fingerprint density at radius 2 is 1.71 bits per heavy atom. The monoisotopic (exact) mass is 398 g/mol. The number of hydrogen-bond acceptors (Lipinski definition) is 6. The highest BCUT2D eigenvalue weighted by Crippen LogP contribution is 2.23. The zero-order chi connectivity index (χ0) is 20.1. The van der Waals surface area contributed by atoms with Gasteiger partial charge in [-0.05, 0) is 50.2 Å². The fraction of sp³-hybridized carbons (Fsp3) is 0.238. The Morgan fingerprint density at radius 1 is 1.04 bits per heavy atom. The average molecular weight is 399 g/mol. The van der Waals surface area contributed by atoms with Gasteiger partial charge in [0.25, 0.3) is 5.89 Å². The normalized spacial score (nSPS) is 11.8. The molecule has 1 aromatic heterocycles. The molecule has 3 rings (SSSR count).